The van der Waals surface area contributed by atoms with Gasteiger partial charge < -0.3 is 5.32 Å². The van der Waals surface area contributed by atoms with Crippen LogP contribution < -0.4 is 5.32 Å². The SMILES string of the molecule is Fc1cc(F)cc(CCNC2CSCc3ccccc32)c1. The molecule has 0 spiro atoms. The molecule has 0 radical (unpaired) electrons. The maximum absolute atomic E-state index is 13.1. The second-order valence-electron chi connectivity index (χ2n) is 5.25. The number of rotatable bonds is 4. The van der Waals surface area contributed by atoms with Crippen molar-refractivity contribution in [3.63, 3.8) is 0 Å². The first-order chi connectivity index (χ1) is 10.2. The van der Waals surface area contributed by atoms with Crippen LogP contribution in [0, 0.1) is 11.6 Å². The van der Waals surface area contributed by atoms with Gasteiger partial charge in [-0.05, 0) is 41.8 Å². The zero-order valence-corrected chi connectivity index (χ0v) is 12.4. The summed E-state index contributed by atoms with van der Waals surface area (Å²) in [5.41, 5.74) is 3.42. The van der Waals surface area contributed by atoms with Crippen molar-refractivity contribution in [3.05, 3.63) is 70.8 Å². The Morgan fingerprint density at radius 1 is 1.10 bits per heavy atom. The van der Waals surface area contributed by atoms with Crippen molar-refractivity contribution in [2.75, 3.05) is 12.3 Å². The Bertz CT molecular complexity index is 610. The molecule has 1 heterocycles. The van der Waals surface area contributed by atoms with Gasteiger partial charge in [-0.1, -0.05) is 24.3 Å². The zero-order chi connectivity index (χ0) is 14.7. The van der Waals surface area contributed by atoms with Crippen molar-refractivity contribution in [2.24, 2.45) is 0 Å². The molecule has 110 valence electrons. The van der Waals surface area contributed by atoms with E-state index in [4.69, 9.17) is 0 Å². The molecular formula is C17H17F2NS. The molecular weight excluding hydrogens is 288 g/mol. The Labute approximate surface area is 127 Å². The largest absolute Gasteiger partial charge is 0.309 e. The molecule has 1 N–H and O–H groups in total. The Kier molecular flexibility index (Phi) is 4.56. The first-order valence-electron chi connectivity index (χ1n) is 7.06. The first-order valence-corrected chi connectivity index (χ1v) is 8.22. The maximum atomic E-state index is 13.1. The summed E-state index contributed by atoms with van der Waals surface area (Å²) >= 11 is 1.91. The summed E-state index contributed by atoms with van der Waals surface area (Å²) in [6.45, 7) is 0.711. The zero-order valence-electron chi connectivity index (χ0n) is 11.6. The maximum Gasteiger partial charge on any atom is 0.126 e. The van der Waals surface area contributed by atoms with E-state index in [-0.39, 0.29) is 0 Å². The van der Waals surface area contributed by atoms with Crippen LogP contribution in [0.3, 0.4) is 0 Å². The van der Waals surface area contributed by atoms with E-state index in [2.05, 4.69) is 29.6 Å². The van der Waals surface area contributed by atoms with E-state index >= 15 is 0 Å². The summed E-state index contributed by atoms with van der Waals surface area (Å²) in [5.74, 6) is 1.07. The fourth-order valence-electron chi connectivity index (χ4n) is 2.70. The van der Waals surface area contributed by atoms with Crippen LogP contribution in [0.25, 0.3) is 0 Å². The van der Waals surface area contributed by atoms with E-state index in [9.17, 15) is 8.78 Å². The Balaban J connectivity index is 1.61. The van der Waals surface area contributed by atoms with Gasteiger partial charge in [0.25, 0.3) is 0 Å². The highest BCUT2D eigenvalue weighted by atomic mass is 32.2. The standard InChI is InChI=1S/C17H17F2NS/c18-14-7-12(8-15(19)9-14)5-6-20-17-11-21-10-13-3-1-2-4-16(13)17/h1-4,7-9,17,20H,5-6,10-11H2. The predicted octanol–water partition coefficient (Wildman–Crippen LogP) is 4.09. The highest BCUT2D eigenvalue weighted by molar-refractivity contribution is 7.98. The molecule has 3 rings (SSSR count). The van der Waals surface area contributed by atoms with Gasteiger partial charge >= 0.3 is 0 Å². The number of hydrogen-bond acceptors (Lipinski definition) is 2. The minimum absolute atomic E-state index is 0.318. The van der Waals surface area contributed by atoms with Gasteiger partial charge in [0.1, 0.15) is 11.6 Å². The second-order valence-corrected chi connectivity index (χ2v) is 6.28. The summed E-state index contributed by atoms with van der Waals surface area (Å²) in [6.07, 6.45) is 0.623. The molecule has 0 fully saturated rings. The van der Waals surface area contributed by atoms with Crippen molar-refractivity contribution in [1.29, 1.82) is 0 Å². The van der Waals surface area contributed by atoms with E-state index in [1.54, 1.807) is 0 Å². The lowest BCUT2D eigenvalue weighted by Crippen LogP contribution is -2.28. The summed E-state index contributed by atoms with van der Waals surface area (Å²) in [7, 11) is 0. The van der Waals surface area contributed by atoms with Gasteiger partial charge in [0, 0.05) is 23.6 Å². The molecule has 2 aromatic carbocycles. The molecule has 1 atom stereocenters. The van der Waals surface area contributed by atoms with Gasteiger partial charge in [-0.25, -0.2) is 8.78 Å². The quantitative estimate of drug-likeness (QED) is 0.913. The fraction of sp³-hybridized carbons (Fsp3) is 0.294. The molecule has 0 amide bonds. The Morgan fingerprint density at radius 2 is 1.86 bits per heavy atom. The number of benzene rings is 2. The van der Waals surface area contributed by atoms with Crippen LogP contribution in [0.15, 0.2) is 42.5 Å². The van der Waals surface area contributed by atoms with Crippen LogP contribution in [0.2, 0.25) is 0 Å². The van der Waals surface area contributed by atoms with Crippen LogP contribution in [0.4, 0.5) is 8.78 Å². The summed E-state index contributed by atoms with van der Waals surface area (Å²) in [6, 6.07) is 12.5. The summed E-state index contributed by atoms with van der Waals surface area (Å²) < 4.78 is 26.3. The lowest BCUT2D eigenvalue weighted by atomic mass is 10.0. The Hall–Kier alpha value is -1.39. The van der Waals surface area contributed by atoms with Crippen molar-refractivity contribution in [3.8, 4) is 0 Å². The molecule has 0 saturated carbocycles. The third kappa shape index (κ3) is 3.63. The summed E-state index contributed by atoms with van der Waals surface area (Å²) in [5, 5.41) is 3.50. The molecule has 21 heavy (non-hydrogen) atoms. The van der Waals surface area contributed by atoms with Gasteiger partial charge in [-0.3, -0.25) is 0 Å². The number of fused-ring (bicyclic) bond motifs is 1. The molecule has 0 aromatic heterocycles. The lowest BCUT2D eigenvalue weighted by molar-refractivity contribution is 0.564. The average Bonchev–Trinajstić information content (AvgIpc) is 2.46. The highest BCUT2D eigenvalue weighted by Crippen LogP contribution is 2.31. The number of hydrogen-bond donors (Lipinski definition) is 1. The van der Waals surface area contributed by atoms with Crippen molar-refractivity contribution >= 4 is 11.8 Å². The van der Waals surface area contributed by atoms with Gasteiger partial charge in [0.2, 0.25) is 0 Å². The first kappa shape index (κ1) is 14.5. The van der Waals surface area contributed by atoms with Crippen LogP contribution in [0.5, 0.6) is 0 Å². The molecule has 0 saturated heterocycles. The monoisotopic (exact) mass is 305 g/mol. The van der Waals surface area contributed by atoms with Crippen molar-refractivity contribution in [1.82, 2.24) is 5.32 Å². The van der Waals surface area contributed by atoms with Gasteiger partial charge in [-0.2, -0.15) is 11.8 Å². The highest BCUT2D eigenvalue weighted by Gasteiger charge is 2.19. The van der Waals surface area contributed by atoms with Crippen LogP contribution in [-0.4, -0.2) is 12.3 Å². The smallest absolute Gasteiger partial charge is 0.126 e. The summed E-state index contributed by atoms with van der Waals surface area (Å²) in [4.78, 5) is 0. The van der Waals surface area contributed by atoms with E-state index in [1.165, 1.54) is 23.3 Å². The second kappa shape index (κ2) is 6.58. The van der Waals surface area contributed by atoms with Crippen molar-refractivity contribution in [2.45, 2.75) is 18.2 Å². The third-order valence-corrected chi connectivity index (χ3v) is 4.78. The van der Waals surface area contributed by atoms with E-state index in [0.29, 0.717) is 24.6 Å². The average molecular weight is 305 g/mol. The van der Waals surface area contributed by atoms with E-state index in [1.807, 2.05) is 11.8 Å². The molecule has 1 nitrogen and oxygen atoms in total. The van der Waals surface area contributed by atoms with Crippen molar-refractivity contribution < 1.29 is 8.78 Å². The minimum Gasteiger partial charge on any atom is -0.309 e. The minimum atomic E-state index is -0.511. The molecule has 1 unspecified atom stereocenters. The number of thioether (sulfide) groups is 1. The van der Waals surface area contributed by atoms with Crippen LogP contribution in [0.1, 0.15) is 22.7 Å². The topological polar surface area (TPSA) is 12.0 Å². The van der Waals surface area contributed by atoms with Crippen LogP contribution in [-0.2, 0) is 12.2 Å². The van der Waals surface area contributed by atoms with E-state index in [0.717, 1.165) is 17.6 Å². The van der Waals surface area contributed by atoms with Gasteiger partial charge in [-0.15, -0.1) is 0 Å². The fourth-order valence-corrected chi connectivity index (χ4v) is 3.83. The normalized spacial score (nSPS) is 17.5. The molecule has 1 aliphatic heterocycles. The molecule has 2 aromatic rings. The molecule has 0 aliphatic carbocycles. The van der Waals surface area contributed by atoms with Gasteiger partial charge in [0.15, 0.2) is 0 Å². The molecule has 1 aliphatic rings. The van der Waals surface area contributed by atoms with Gasteiger partial charge in [0.05, 0.1) is 0 Å². The molecule has 0 bridgehead atoms. The number of nitrogens with one attached hydrogen (secondary N) is 1. The Morgan fingerprint density at radius 3 is 2.67 bits per heavy atom. The number of halogens is 2. The lowest BCUT2D eigenvalue weighted by Gasteiger charge is -2.26. The molecule has 4 heteroatoms. The van der Waals surface area contributed by atoms with E-state index < -0.39 is 11.6 Å². The predicted molar refractivity (Wildman–Crippen MR) is 83.4 cm³/mol. The third-order valence-electron chi connectivity index (χ3n) is 3.70. The van der Waals surface area contributed by atoms with Crippen LogP contribution >= 0.6 is 11.8 Å².